The Morgan fingerprint density at radius 3 is 1.94 bits per heavy atom. The number of hydrogen-bond acceptors (Lipinski definition) is 5. The highest BCUT2D eigenvalue weighted by molar-refractivity contribution is 5.78. The second kappa shape index (κ2) is 9.85. The van der Waals surface area contributed by atoms with Crippen molar-refractivity contribution in [2.45, 2.75) is 11.6 Å². The fourth-order valence-corrected chi connectivity index (χ4v) is 3.62. The molecule has 2 N–H and O–H groups in total. The van der Waals surface area contributed by atoms with E-state index in [1.807, 2.05) is 48.5 Å². The van der Waals surface area contributed by atoms with Crippen molar-refractivity contribution < 1.29 is 14.6 Å². The van der Waals surface area contributed by atoms with Gasteiger partial charge in [-0.2, -0.15) is 0 Å². The molecule has 6 heteroatoms. The molecule has 1 atom stereocenters. The van der Waals surface area contributed by atoms with Crippen molar-refractivity contribution in [3.05, 3.63) is 126 Å². The van der Waals surface area contributed by atoms with Gasteiger partial charge in [0.15, 0.2) is 6.61 Å². The Morgan fingerprint density at radius 1 is 0.844 bits per heavy atom. The Bertz CT molecular complexity index is 1080. The molecule has 0 spiro atoms. The molecule has 4 aromatic rings. The first-order valence-electron chi connectivity index (χ1n) is 10.2. The third-order valence-corrected chi connectivity index (χ3v) is 5.17. The molecular weight excluding hydrogens is 402 g/mol. The van der Waals surface area contributed by atoms with Crippen LogP contribution in [0.4, 0.5) is 0 Å². The minimum atomic E-state index is -1.62. The van der Waals surface area contributed by atoms with E-state index in [9.17, 15) is 9.90 Å². The van der Waals surface area contributed by atoms with E-state index in [1.165, 1.54) is 0 Å². The third-order valence-electron chi connectivity index (χ3n) is 5.17. The van der Waals surface area contributed by atoms with Gasteiger partial charge in [-0.1, -0.05) is 60.7 Å². The zero-order valence-corrected chi connectivity index (χ0v) is 17.3. The van der Waals surface area contributed by atoms with Crippen molar-refractivity contribution in [2.75, 3.05) is 6.61 Å². The van der Waals surface area contributed by atoms with Gasteiger partial charge in [-0.15, -0.1) is 0 Å². The van der Waals surface area contributed by atoms with Gasteiger partial charge in [-0.3, -0.25) is 14.8 Å². The number of carbonyl (C=O) groups excluding carboxylic acids is 1. The number of ether oxygens (including phenoxy) is 1. The summed E-state index contributed by atoms with van der Waals surface area (Å²) in [6.07, 6.45) is 6.46. The van der Waals surface area contributed by atoms with Crippen LogP contribution in [0.25, 0.3) is 0 Å². The topological polar surface area (TPSA) is 84.3 Å². The summed E-state index contributed by atoms with van der Waals surface area (Å²) in [7, 11) is 0. The van der Waals surface area contributed by atoms with Crippen molar-refractivity contribution in [3.63, 3.8) is 0 Å². The van der Waals surface area contributed by atoms with Gasteiger partial charge in [0.1, 0.15) is 11.4 Å². The molecule has 0 bridgehead atoms. The van der Waals surface area contributed by atoms with Crippen LogP contribution in [0.1, 0.15) is 22.7 Å². The minimum absolute atomic E-state index is 0.191. The SMILES string of the molecule is O=C(COc1ccccc1)N[C@H](c1ccccc1)C(O)(c1cccnc1)c1cccnc1. The van der Waals surface area contributed by atoms with Crippen LogP contribution >= 0.6 is 0 Å². The van der Waals surface area contributed by atoms with Gasteiger partial charge in [-0.25, -0.2) is 0 Å². The summed E-state index contributed by atoms with van der Waals surface area (Å²) in [6.45, 7) is -0.191. The summed E-state index contributed by atoms with van der Waals surface area (Å²) in [6, 6.07) is 24.7. The second-order valence-corrected chi connectivity index (χ2v) is 7.26. The van der Waals surface area contributed by atoms with Crippen molar-refractivity contribution in [2.24, 2.45) is 0 Å². The van der Waals surface area contributed by atoms with Gasteiger partial charge in [-0.05, 0) is 29.8 Å². The number of benzene rings is 2. The smallest absolute Gasteiger partial charge is 0.258 e. The minimum Gasteiger partial charge on any atom is -0.484 e. The number of pyridine rings is 2. The van der Waals surface area contributed by atoms with Crippen molar-refractivity contribution >= 4 is 5.91 Å². The van der Waals surface area contributed by atoms with Crippen LogP contribution < -0.4 is 10.1 Å². The van der Waals surface area contributed by atoms with Gasteiger partial charge in [0, 0.05) is 35.9 Å². The lowest BCUT2D eigenvalue weighted by Crippen LogP contribution is -2.46. The van der Waals surface area contributed by atoms with Crippen LogP contribution in [0, 0.1) is 0 Å². The molecule has 0 aliphatic heterocycles. The van der Waals surface area contributed by atoms with Crippen LogP contribution in [-0.2, 0) is 10.4 Å². The summed E-state index contributed by atoms with van der Waals surface area (Å²) in [5, 5.41) is 15.1. The molecule has 0 saturated carbocycles. The van der Waals surface area contributed by atoms with E-state index in [4.69, 9.17) is 4.74 Å². The fourth-order valence-electron chi connectivity index (χ4n) is 3.62. The number of nitrogens with one attached hydrogen (secondary N) is 1. The molecule has 2 heterocycles. The van der Waals surface area contributed by atoms with E-state index >= 15 is 0 Å². The standard InChI is InChI=1S/C26H23N3O3/c30-24(19-32-23-13-5-2-6-14-23)29-25(20-9-3-1-4-10-20)26(31,21-11-7-15-27-17-21)22-12-8-16-28-18-22/h1-18,25,31H,19H2,(H,29,30)/t25-/m1/s1. The maximum absolute atomic E-state index is 12.9. The molecule has 0 aliphatic rings. The Balaban J connectivity index is 1.71. The van der Waals surface area contributed by atoms with E-state index in [1.54, 1.807) is 61.2 Å². The van der Waals surface area contributed by atoms with E-state index in [0.29, 0.717) is 16.9 Å². The highest BCUT2D eigenvalue weighted by atomic mass is 16.5. The molecule has 6 nitrogen and oxygen atoms in total. The first-order chi connectivity index (χ1) is 15.7. The van der Waals surface area contributed by atoms with Gasteiger partial charge < -0.3 is 15.2 Å². The zero-order valence-electron chi connectivity index (χ0n) is 17.3. The van der Waals surface area contributed by atoms with Crippen LogP contribution in [0.2, 0.25) is 0 Å². The molecule has 0 aliphatic carbocycles. The summed E-state index contributed by atoms with van der Waals surface area (Å²) >= 11 is 0. The third kappa shape index (κ3) is 4.66. The number of carbonyl (C=O) groups is 1. The monoisotopic (exact) mass is 425 g/mol. The molecule has 0 saturated heterocycles. The van der Waals surface area contributed by atoms with E-state index in [2.05, 4.69) is 15.3 Å². The zero-order chi connectivity index (χ0) is 22.2. The molecule has 1 amide bonds. The van der Waals surface area contributed by atoms with Gasteiger partial charge in [0.25, 0.3) is 5.91 Å². The summed E-state index contributed by atoms with van der Waals surface area (Å²) in [5.41, 5.74) is 0.180. The predicted molar refractivity (Wildman–Crippen MR) is 121 cm³/mol. The first-order valence-corrected chi connectivity index (χ1v) is 10.2. The first kappa shape index (κ1) is 21.2. The summed E-state index contributed by atoms with van der Waals surface area (Å²) < 4.78 is 5.61. The van der Waals surface area contributed by atoms with Crippen molar-refractivity contribution in [1.82, 2.24) is 15.3 Å². The Hall–Kier alpha value is -4.03. The summed E-state index contributed by atoms with van der Waals surface area (Å²) in [5.74, 6) is 0.225. The number of aromatic nitrogens is 2. The Morgan fingerprint density at radius 2 is 1.41 bits per heavy atom. The molecular formula is C26H23N3O3. The van der Waals surface area contributed by atoms with Gasteiger partial charge in [0.2, 0.25) is 0 Å². The number of nitrogens with zero attached hydrogens (tertiary/aromatic N) is 2. The Kier molecular flexibility index (Phi) is 6.53. The molecule has 2 aromatic carbocycles. The number of amides is 1. The average molecular weight is 425 g/mol. The number of para-hydroxylation sites is 1. The lowest BCUT2D eigenvalue weighted by Gasteiger charge is -2.37. The lowest BCUT2D eigenvalue weighted by molar-refractivity contribution is -0.125. The van der Waals surface area contributed by atoms with E-state index < -0.39 is 11.6 Å². The highest BCUT2D eigenvalue weighted by Gasteiger charge is 2.42. The molecule has 160 valence electrons. The van der Waals surface area contributed by atoms with Gasteiger partial charge in [0.05, 0.1) is 6.04 Å². The largest absolute Gasteiger partial charge is 0.484 e. The maximum Gasteiger partial charge on any atom is 0.258 e. The number of hydrogen-bond donors (Lipinski definition) is 2. The van der Waals surface area contributed by atoms with Crippen LogP contribution in [-0.4, -0.2) is 27.6 Å². The van der Waals surface area contributed by atoms with Crippen molar-refractivity contribution in [1.29, 1.82) is 0 Å². The average Bonchev–Trinajstić information content (AvgIpc) is 2.88. The summed E-state index contributed by atoms with van der Waals surface area (Å²) in [4.78, 5) is 21.3. The molecule has 32 heavy (non-hydrogen) atoms. The van der Waals surface area contributed by atoms with Crippen LogP contribution in [0.3, 0.4) is 0 Å². The normalized spacial score (nSPS) is 12.0. The molecule has 4 rings (SSSR count). The van der Waals surface area contributed by atoms with E-state index in [0.717, 1.165) is 5.56 Å². The van der Waals surface area contributed by atoms with Crippen LogP contribution in [0.15, 0.2) is 110 Å². The number of rotatable bonds is 8. The Labute approximate surface area is 186 Å². The number of aliphatic hydroxyl groups is 1. The van der Waals surface area contributed by atoms with Gasteiger partial charge >= 0.3 is 0 Å². The highest BCUT2D eigenvalue weighted by Crippen LogP contribution is 2.40. The van der Waals surface area contributed by atoms with Crippen molar-refractivity contribution in [3.8, 4) is 5.75 Å². The van der Waals surface area contributed by atoms with E-state index in [-0.39, 0.29) is 12.5 Å². The quantitative estimate of drug-likeness (QED) is 0.450. The molecule has 0 unspecified atom stereocenters. The maximum atomic E-state index is 12.9. The lowest BCUT2D eigenvalue weighted by atomic mass is 9.78. The van der Waals surface area contributed by atoms with Crippen LogP contribution in [0.5, 0.6) is 5.75 Å². The molecule has 0 radical (unpaired) electrons. The second-order valence-electron chi connectivity index (χ2n) is 7.26. The molecule has 0 fully saturated rings. The predicted octanol–water partition coefficient (Wildman–Crippen LogP) is 3.65. The fraction of sp³-hybridized carbons (Fsp3) is 0.115. The molecule has 2 aromatic heterocycles.